The quantitative estimate of drug-likeness (QED) is 0.745. The standard InChI is InChI=1S/C19H19FN6O/c1-24-11-23-16-15(9-21)18(25-7-3-5-13(22)10-25)26(17(16)19(24)27)14-6-2-4-12(20)8-14/h2,4,6,8,11,13H,3,5,7,10,22H2,1H3/t13-/m0/s1. The number of hydrogen-bond donors (Lipinski definition) is 1. The van der Waals surface area contributed by atoms with Gasteiger partial charge in [-0.15, -0.1) is 0 Å². The van der Waals surface area contributed by atoms with Gasteiger partial charge in [-0.25, -0.2) is 9.37 Å². The molecule has 1 aromatic carbocycles. The van der Waals surface area contributed by atoms with Crippen molar-refractivity contribution in [2.45, 2.75) is 18.9 Å². The maximum absolute atomic E-state index is 13.9. The predicted octanol–water partition coefficient (Wildman–Crippen LogP) is 1.66. The fourth-order valence-electron chi connectivity index (χ4n) is 3.71. The van der Waals surface area contributed by atoms with E-state index in [2.05, 4.69) is 11.1 Å². The van der Waals surface area contributed by atoms with Gasteiger partial charge >= 0.3 is 0 Å². The highest BCUT2D eigenvalue weighted by Crippen LogP contribution is 2.34. The normalized spacial score (nSPS) is 17.3. The van der Waals surface area contributed by atoms with Gasteiger partial charge in [0.15, 0.2) is 0 Å². The largest absolute Gasteiger partial charge is 0.355 e. The summed E-state index contributed by atoms with van der Waals surface area (Å²) in [6, 6.07) is 8.15. The van der Waals surface area contributed by atoms with E-state index in [4.69, 9.17) is 5.73 Å². The van der Waals surface area contributed by atoms with E-state index in [-0.39, 0.29) is 17.1 Å². The molecule has 0 amide bonds. The van der Waals surface area contributed by atoms with Crippen LogP contribution in [0.1, 0.15) is 18.4 Å². The first-order valence-corrected chi connectivity index (χ1v) is 8.78. The number of benzene rings is 1. The summed E-state index contributed by atoms with van der Waals surface area (Å²) >= 11 is 0. The number of fused-ring (bicyclic) bond motifs is 1. The first kappa shape index (κ1) is 17.2. The van der Waals surface area contributed by atoms with Gasteiger partial charge < -0.3 is 15.2 Å². The second-order valence-electron chi connectivity index (χ2n) is 6.83. The molecule has 3 aromatic rings. The Morgan fingerprint density at radius 2 is 2.22 bits per heavy atom. The van der Waals surface area contributed by atoms with Gasteiger partial charge in [0, 0.05) is 26.2 Å². The summed E-state index contributed by atoms with van der Waals surface area (Å²) in [5.74, 6) is 0.124. The second-order valence-corrected chi connectivity index (χ2v) is 6.83. The average molecular weight is 366 g/mol. The smallest absolute Gasteiger partial charge is 0.278 e. The first-order chi connectivity index (χ1) is 13.0. The van der Waals surface area contributed by atoms with Crippen molar-refractivity contribution in [2.24, 2.45) is 12.8 Å². The van der Waals surface area contributed by atoms with Gasteiger partial charge in [0.1, 0.15) is 34.3 Å². The Morgan fingerprint density at radius 3 is 2.93 bits per heavy atom. The fourth-order valence-corrected chi connectivity index (χ4v) is 3.71. The maximum atomic E-state index is 13.9. The van der Waals surface area contributed by atoms with Crippen LogP contribution in [0.25, 0.3) is 16.7 Å². The minimum Gasteiger partial charge on any atom is -0.355 e. The Bertz CT molecular complexity index is 1130. The third-order valence-corrected chi connectivity index (χ3v) is 4.94. The number of aromatic nitrogens is 3. The molecule has 0 bridgehead atoms. The lowest BCUT2D eigenvalue weighted by molar-refractivity contribution is 0.501. The van der Waals surface area contributed by atoms with Gasteiger partial charge in [0.25, 0.3) is 5.56 Å². The number of halogens is 1. The van der Waals surface area contributed by atoms with E-state index in [0.29, 0.717) is 35.7 Å². The molecular weight excluding hydrogens is 347 g/mol. The van der Waals surface area contributed by atoms with E-state index in [1.807, 2.05) is 4.90 Å². The zero-order chi connectivity index (χ0) is 19.1. The monoisotopic (exact) mass is 366 g/mol. The Labute approximate surface area is 155 Å². The molecule has 1 aliphatic heterocycles. The number of rotatable bonds is 2. The molecule has 4 rings (SSSR count). The van der Waals surface area contributed by atoms with Crippen molar-refractivity contribution in [1.82, 2.24) is 14.1 Å². The summed E-state index contributed by atoms with van der Waals surface area (Å²) < 4.78 is 16.9. The van der Waals surface area contributed by atoms with Crippen LogP contribution in [0, 0.1) is 17.1 Å². The van der Waals surface area contributed by atoms with Crippen molar-refractivity contribution in [1.29, 1.82) is 5.26 Å². The summed E-state index contributed by atoms with van der Waals surface area (Å²) in [4.78, 5) is 19.2. The van der Waals surface area contributed by atoms with Gasteiger partial charge in [-0.2, -0.15) is 5.26 Å². The lowest BCUT2D eigenvalue weighted by Crippen LogP contribution is -2.43. The lowest BCUT2D eigenvalue weighted by atomic mass is 10.1. The molecule has 3 heterocycles. The fraction of sp³-hybridized carbons (Fsp3) is 0.316. The van der Waals surface area contributed by atoms with E-state index in [1.54, 1.807) is 23.7 Å². The molecule has 1 aliphatic rings. The van der Waals surface area contributed by atoms with Crippen molar-refractivity contribution < 1.29 is 4.39 Å². The molecule has 1 saturated heterocycles. The summed E-state index contributed by atoms with van der Waals surface area (Å²) in [6.45, 7) is 1.26. The van der Waals surface area contributed by atoms with E-state index < -0.39 is 5.82 Å². The molecule has 2 N–H and O–H groups in total. The van der Waals surface area contributed by atoms with Crippen LogP contribution in [0.15, 0.2) is 35.4 Å². The Hall–Kier alpha value is -3.18. The van der Waals surface area contributed by atoms with E-state index in [9.17, 15) is 14.4 Å². The van der Waals surface area contributed by atoms with Crippen molar-refractivity contribution in [3.05, 3.63) is 52.3 Å². The van der Waals surface area contributed by atoms with Crippen LogP contribution in [-0.4, -0.2) is 33.2 Å². The molecular formula is C19H19FN6O. The molecule has 0 unspecified atom stereocenters. The number of piperidine rings is 1. The molecule has 0 radical (unpaired) electrons. The van der Waals surface area contributed by atoms with Gasteiger partial charge in [-0.1, -0.05) is 6.07 Å². The number of hydrogen-bond acceptors (Lipinski definition) is 5. The van der Waals surface area contributed by atoms with Gasteiger partial charge in [-0.3, -0.25) is 9.36 Å². The summed E-state index contributed by atoms with van der Waals surface area (Å²) in [5.41, 5.74) is 7.20. The van der Waals surface area contributed by atoms with Crippen LogP contribution in [-0.2, 0) is 7.05 Å². The number of anilines is 1. The zero-order valence-corrected chi connectivity index (χ0v) is 14.9. The van der Waals surface area contributed by atoms with Crippen LogP contribution in [0.5, 0.6) is 0 Å². The highest BCUT2D eigenvalue weighted by Gasteiger charge is 2.29. The van der Waals surface area contributed by atoms with E-state index >= 15 is 0 Å². The first-order valence-electron chi connectivity index (χ1n) is 8.78. The minimum atomic E-state index is -0.421. The average Bonchev–Trinajstić information content (AvgIpc) is 2.99. The summed E-state index contributed by atoms with van der Waals surface area (Å²) in [6.07, 6.45) is 3.17. The number of aryl methyl sites for hydroxylation is 1. The van der Waals surface area contributed by atoms with E-state index in [1.165, 1.54) is 23.0 Å². The van der Waals surface area contributed by atoms with E-state index in [0.717, 1.165) is 12.8 Å². The molecule has 7 nitrogen and oxygen atoms in total. The number of nitrogens with two attached hydrogens (primary N) is 1. The lowest BCUT2D eigenvalue weighted by Gasteiger charge is -2.33. The summed E-state index contributed by atoms with van der Waals surface area (Å²) in [7, 11) is 1.60. The highest BCUT2D eigenvalue weighted by atomic mass is 19.1. The maximum Gasteiger partial charge on any atom is 0.278 e. The predicted molar refractivity (Wildman–Crippen MR) is 100 cm³/mol. The number of nitrogens with zero attached hydrogens (tertiary/aromatic N) is 5. The molecule has 0 saturated carbocycles. The third kappa shape index (κ3) is 2.76. The Morgan fingerprint density at radius 1 is 1.41 bits per heavy atom. The second kappa shape index (κ2) is 6.52. The number of nitriles is 1. The Kier molecular flexibility index (Phi) is 4.16. The molecule has 138 valence electrons. The Balaban J connectivity index is 2.12. The van der Waals surface area contributed by atoms with Crippen LogP contribution in [0.3, 0.4) is 0 Å². The summed E-state index contributed by atoms with van der Waals surface area (Å²) in [5, 5.41) is 9.84. The zero-order valence-electron chi connectivity index (χ0n) is 14.9. The van der Waals surface area contributed by atoms with Crippen LogP contribution >= 0.6 is 0 Å². The van der Waals surface area contributed by atoms with Crippen molar-refractivity contribution in [3.63, 3.8) is 0 Å². The molecule has 1 fully saturated rings. The van der Waals surface area contributed by atoms with Crippen molar-refractivity contribution in [3.8, 4) is 11.8 Å². The van der Waals surface area contributed by atoms with Crippen LogP contribution < -0.4 is 16.2 Å². The topological polar surface area (TPSA) is 92.9 Å². The van der Waals surface area contributed by atoms with Gasteiger partial charge in [0.2, 0.25) is 0 Å². The highest BCUT2D eigenvalue weighted by molar-refractivity contribution is 5.91. The molecule has 1 atom stereocenters. The molecule has 27 heavy (non-hydrogen) atoms. The molecule has 8 heteroatoms. The van der Waals surface area contributed by atoms with Crippen LogP contribution in [0.2, 0.25) is 0 Å². The van der Waals surface area contributed by atoms with Gasteiger partial charge in [0.05, 0.1) is 12.0 Å². The van der Waals surface area contributed by atoms with Crippen molar-refractivity contribution in [2.75, 3.05) is 18.0 Å². The van der Waals surface area contributed by atoms with Crippen LogP contribution in [0.4, 0.5) is 10.2 Å². The molecule has 0 aliphatic carbocycles. The minimum absolute atomic E-state index is 0.0277. The molecule has 2 aromatic heterocycles. The third-order valence-electron chi connectivity index (χ3n) is 4.94. The molecule has 0 spiro atoms. The SMILES string of the molecule is Cn1cnc2c(C#N)c(N3CCC[C@H](N)C3)n(-c3cccc(F)c3)c2c1=O. The van der Waals surface area contributed by atoms with Gasteiger partial charge in [-0.05, 0) is 31.0 Å². The van der Waals surface area contributed by atoms with Crippen molar-refractivity contribution >= 4 is 16.9 Å².